The Balaban J connectivity index is 2.18. The predicted molar refractivity (Wildman–Crippen MR) is 90.9 cm³/mol. The maximum absolute atomic E-state index is 12.2. The third-order valence-electron chi connectivity index (χ3n) is 3.13. The second-order valence-corrected chi connectivity index (χ2v) is 5.58. The number of benzene rings is 2. The van der Waals surface area contributed by atoms with Crippen LogP contribution in [-0.4, -0.2) is 10.9 Å². The van der Waals surface area contributed by atoms with Crippen LogP contribution in [0.15, 0.2) is 42.5 Å². The first kappa shape index (κ1) is 15.5. The predicted octanol–water partition coefficient (Wildman–Crippen LogP) is 3.46. The number of rotatable bonds is 4. The van der Waals surface area contributed by atoms with Crippen molar-refractivity contribution in [3.05, 3.63) is 64.2 Å². The van der Waals surface area contributed by atoms with E-state index in [0.29, 0.717) is 16.3 Å². The highest BCUT2D eigenvalue weighted by Crippen LogP contribution is 2.21. The molecule has 0 saturated carbocycles. The molecule has 2 aromatic carbocycles. The number of amides is 1. The van der Waals surface area contributed by atoms with Crippen LogP contribution in [0.2, 0.25) is 5.02 Å². The maximum atomic E-state index is 12.2. The van der Waals surface area contributed by atoms with Gasteiger partial charge in [0.25, 0.3) is 0 Å². The molecule has 0 atom stereocenters. The third-order valence-corrected chi connectivity index (χ3v) is 3.59. The molecule has 3 nitrogen and oxygen atoms in total. The monoisotopic (exact) mass is 318 g/mol. The number of halogens is 1. The normalized spacial score (nSPS) is 10.2. The van der Waals surface area contributed by atoms with E-state index in [1.54, 1.807) is 18.2 Å². The molecule has 108 valence electrons. The minimum Gasteiger partial charge on any atom is -0.389 e. The zero-order valence-corrected chi connectivity index (χ0v) is 13.1. The molecule has 0 aliphatic rings. The Kier molecular flexibility index (Phi) is 4.94. The van der Waals surface area contributed by atoms with Crippen molar-refractivity contribution < 1.29 is 4.79 Å². The van der Waals surface area contributed by atoms with Crippen LogP contribution in [0.4, 0.5) is 5.69 Å². The number of nitrogens with one attached hydrogen (secondary N) is 1. The van der Waals surface area contributed by atoms with E-state index < -0.39 is 0 Å². The number of nitrogens with two attached hydrogens (primary N) is 1. The molecule has 0 radical (unpaired) electrons. The second-order valence-electron chi connectivity index (χ2n) is 4.71. The summed E-state index contributed by atoms with van der Waals surface area (Å²) in [7, 11) is 0. The SMILES string of the molecule is Cc1ccccc1CC(=O)Nc1cc(Cl)ccc1C(N)=S. The van der Waals surface area contributed by atoms with E-state index in [1.165, 1.54) is 0 Å². The lowest BCUT2D eigenvalue weighted by Gasteiger charge is -2.11. The number of hydrogen-bond donors (Lipinski definition) is 2. The first-order valence-corrected chi connectivity index (χ1v) is 7.19. The van der Waals surface area contributed by atoms with Gasteiger partial charge in [0.1, 0.15) is 4.99 Å². The molecule has 2 rings (SSSR count). The fraction of sp³-hybridized carbons (Fsp3) is 0.125. The van der Waals surface area contributed by atoms with Crippen molar-refractivity contribution in [3.63, 3.8) is 0 Å². The Hall–Kier alpha value is -1.91. The molecule has 0 aliphatic carbocycles. The number of aryl methyl sites for hydroxylation is 1. The van der Waals surface area contributed by atoms with Gasteiger partial charge in [-0.3, -0.25) is 4.79 Å². The Morgan fingerprint density at radius 1 is 1.29 bits per heavy atom. The molecule has 0 aromatic heterocycles. The van der Waals surface area contributed by atoms with E-state index in [0.717, 1.165) is 11.1 Å². The topological polar surface area (TPSA) is 55.1 Å². The largest absolute Gasteiger partial charge is 0.389 e. The fourth-order valence-corrected chi connectivity index (χ4v) is 2.36. The molecule has 0 spiro atoms. The van der Waals surface area contributed by atoms with Crippen LogP contribution in [0.3, 0.4) is 0 Å². The van der Waals surface area contributed by atoms with Crippen molar-refractivity contribution in [2.45, 2.75) is 13.3 Å². The fourth-order valence-electron chi connectivity index (χ4n) is 2.01. The summed E-state index contributed by atoms with van der Waals surface area (Å²) in [5, 5.41) is 3.33. The molecule has 0 aliphatic heterocycles. The van der Waals surface area contributed by atoms with Crippen molar-refractivity contribution in [1.29, 1.82) is 0 Å². The summed E-state index contributed by atoms with van der Waals surface area (Å²) >= 11 is 10.9. The van der Waals surface area contributed by atoms with Gasteiger partial charge in [0.2, 0.25) is 5.91 Å². The zero-order chi connectivity index (χ0) is 15.4. The highest BCUT2D eigenvalue weighted by atomic mass is 35.5. The quantitative estimate of drug-likeness (QED) is 0.849. The molecule has 0 heterocycles. The van der Waals surface area contributed by atoms with Crippen LogP contribution in [0.5, 0.6) is 0 Å². The molecule has 1 amide bonds. The smallest absolute Gasteiger partial charge is 0.228 e. The van der Waals surface area contributed by atoms with Crippen molar-refractivity contribution in [3.8, 4) is 0 Å². The summed E-state index contributed by atoms with van der Waals surface area (Å²) in [6, 6.07) is 12.8. The van der Waals surface area contributed by atoms with Crippen molar-refractivity contribution in [1.82, 2.24) is 0 Å². The van der Waals surface area contributed by atoms with E-state index in [1.807, 2.05) is 31.2 Å². The minimum absolute atomic E-state index is 0.135. The molecular formula is C16H15ClN2OS. The highest BCUT2D eigenvalue weighted by molar-refractivity contribution is 7.80. The standard InChI is InChI=1S/C16H15ClN2OS/c1-10-4-2-3-5-11(10)8-15(20)19-14-9-12(17)6-7-13(14)16(18)21/h2-7,9H,8H2,1H3,(H2,18,21)(H,19,20). The minimum atomic E-state index is -0.135. The Morgan fingerprint density at radius 2 is 2.00 bits per heavy atom. The van der Waals surface area contributed by atoms with Gasteiger partial charge in [-0.2, -0.15) is 0 Å². The number of hydrogen-bond acceptors (Lipinski definition) is 2. The van der Waals surface area contributed by atoms with E-state index in [-0.39, 0.29) is 17.3 Å². The van der Waals surface area contributed by atoms with Crippen LogP contribution in [0.25, 0.3) is 0 Å². The summed E-state index contributed by atoms with van der Waals surface area (Å²) < 4.78 is 0. The lowest BCUT2D eigenvalue weighted by atomic mass is 10.1. The van der Waals surface area contributed by atoms with Crippen LogP contribution in [0.1, 0.15) is 16.7 Å². The van der Waals surface area contributed by atoms with Crippen molar-refractivity contribution >= 4 is 40.4 Å². The van der Waals surface area contributed by atoms with Crippen LogP contribution < -0.4 is 11.1 Å². The number of anilines is 1. The average Bonchev–Trinajstić information content (AvgIpc) is 2.41. The van der Waals surface area contributed by atoms with Crippen LogP contribution in [0, 0.1) is 6.92 Å². The van der Waals surface area contributed by atoms with Gasteiger partial charge in [0, 0.05) is 10.6 Å². The maximum Gasteiger partial charge on any atom is 0.228 e. The van der Waals surface area contributed by atoms with Gasteiger partial charge >= 0.3 is 0 Å². The summed E-state index contributed by atoms with van der Waals surface area (Å²) in [4.78, 5) is 12.4. The zero-order valence-electron chi connectivity index (χ0n) is 11.5. The van der Waals surface area contributed by atoms with E-state index in [2.05, 4.69) is 5.32 Å². The molecule has 2 aromatic rings. The molecule has 0 fully saturated rings. The summed E-state index contributed by atoms with van der Waals surface area (Å²) in [5.41, 5.74) is 8.85. The molecule has 0 saturated heterocycles. The van der Waals surface area contributed by atoms with Crippen molar-refractivity contribution in [2.24, 2.45) is 5.73 Å². The molecule has 21 heavy (non-hydrogen) atoms. The van der Waals surface area contributed by atoms with Gasteiger partial charge in [-0.15, -0.1) is 0 Å². The molecule has 0 bridgehead atoms. The van der Waals surface area contributed by atoms with Gasteiger partial charge in [-0.05, 0) is 36.2 Å². The van der Waals surface area contributed by atoms with E-state index >= 15 is 0 Å². The lowest BCUT2D eigenvalue weighted by Crippen LogP contribution is -2.19. The average molecular weight is 319 g/mol. The Bertz CT molecular complexity index is 700. The second kappa shape index (κ2) is 6.70. The van der Waals surface area contributed by atoms with Gasteiger partial charge in [0.05, 0.1) is 12.1 Å². The molecule has 5 heteroatoms. The number of thiocarbonyl (C=S) groups is 1. The summed E-state index contributed by atoms with van der Waals surface area (Å²) in [6.45, 7) is 1.97. The first-order chi connectivity index (χ1) is 9.97. The van der Waals surface area contributed by atoms with Gasteiger partial charge in [0.15, 0.2) is 0 Å². The Morgan fingerprint density at radius 3 is 2.67 bits per heavy atom. The molecule has 0 unspecified atom stereocenters. The summed E-state index contributed by atoms with van der Waals surface area (Å²) in [5.74, 6) is -0.135. The van der Waals surface area contributed by atoms with Gasteiger partial charge in [-0.25, -0.2) is 0 Å². The number of carbonyl (C=O) groups excluding carboxylic acids is 1. The van der Waals surface area contributed by atoms with Gasteiger partial charge in [-0.1, -0.05) is 48.1 Å². The third kappa shape index (κ3) is 4.03. The van der Waals surface area contributed by atoms with Gasteiger partial charge < -0.3 is 11.1 Å². The number of carbonyl (C=O) groups is 1. The molecule has 3 N–H and O–H groups in total. The molecular weight excluding hydrogens is 304 g/mol. The summed E-state index contributed by atoms with van der Waals surface area (Å²) in [6.07, 6.45) is 0.288. The Labute approximate surface area is 134 Å². The van der Waals surface area contributed by atoms with Crippen LogP contribution in [-0.2, 0) is 11.2 Å². The van der Waals surface area contributed by atoms with E-state index in [4.69, 9.17) is 29.6 Å². The first-order valence-electron chi connectivity index (χ1n) is 6.41. The highest BCUT2D eigenvalue weighted by Gasteiger charge is 2.11. The van der Waals surface area contributed by atoms with Crippen LogP contribution >= 0.6 is 23.8 Å². The van der Waals surface area contributed by atoms with E-state index in [9.17, 15) is 4.79 Å². The lowest BCUT2D eigenvalue weighted by molar-refractivity contribution is -0.115. The van der Waals surface area contributed by atoms with Crippen molar-refractivity contribution in [2.75, 3.05) is 5.32 Å².